The molecule has 0 aromatic rings. The van der Waals surface area contributed by atoms with Crippen LogP contribution in [0.5, 0.6) is 0 Å². The van der Waals surface area contributed by atoms with Gasteiger partial charge in [0.1, 0.15) is 5.78 Å². The third kappa shape index (κ3) is 3.76. The van der Waals surface area contributed by atoms with Gasteiger partial charge in [-0.05, 0) is 31.5 Å². The molecule has 1 rings (SSSR count). The molecular formula is C11H18O2S2. The first kappa shape index (κ1) is 13.0. The van der Waals surface area contributed by atoms with Gasteiger partial charge in [-0.25, -0.2) is 0 Å². The van der Waals surface area contributed by atoms with Crippen molar-refractivity contribution in [3.05, 3.63) is 0 Å². The van der Waals surface area contributed by atoms with E-state index in [9.17, 15) is 4.79 Å². The Morgan fingerprint density at radius 1 is 1.60 bits per heavy atom. The Kier molecular flexibility index (Phi) is 5.61. The van der Waals surface area contributed by atoms with Crippen LogP contribution in [0.15, 0.2) is 0 Å². The largest absolute Gasteiger partial charge is 0.479 e. The molecule has 0 N–H and O–H groups in total. The molecule has 0 aromatic heterocycles. The Morgan fingerprint density at radius 3 is 2.87 bits per heavy atom. The highest BCUT2D eigenvalue weighted by atomic mass is 32.2. The fraction of sp³-hybridized carbons (Fsp3) is 0.818. The van der Waals surface area contributed by atoms with Gasteiger partial charge in [0, 0.05) is 6.42 Å². The molecule has 1 fully saturated rings. The van der Waals surface area contributed by atoms with Crippen molar-refractivity contribution >= 4 is 34.1 Å². The van der Waals surface area contributed by atoms with Crippen molar-refractivity contribution in [2.75, 3.05) is 6.61 Å². The zero-order chi connectivity index (χ0) is 11.3. The number of ketones is 1. The van der Waals surface area contributed by atoms with E-state index in [2.05, 4.69) is 6.92 Å². The summed E-state index contributed by atoms with van der Waals surface area (Å²) in [5.41, 5.74) is 0. The molecule has 0 spiro atoms. The van der Waals surface area contributed by atoms with Crippen molar-refractivity contribution in [1.29, 1.82) is 0 Å². The standard InChI is InChI=1S/C11H18O2S2/c1-3-5-6-8-7-9(12)10(8)15-11(14)13-4-2/h8,10H,3-7H2,1-2H3/t8?,10-/m1/s1. The average Bonchev–Trinajstić information content (AvgIpc) is 2.21. The number of rotatable bonds is 5. The lowest BCUT2D eigenvalue weighted by atomic mass is 9.80. The van der Waals surface area contributed by atoms with E-state index in [4.69, 9.17) is 17.0 Å². The van der Waals surface area contributed by atoms with E-state index < -0.39 is 0 Å². The maximum atomic E-state index is 11.4. The summed E-state index contributed by atoms with van der Waals surface area (Å²) in [4.78, 5) is 11.4. The fourth-order valence-electron chi connectivity index (χ4n) is 1.72. The van der Waals surface area contributed by atoms with Crippen LogP contribution in [0.3, 0.4) is 0 Å². The van der Waals surface area contributed by atoms with Gasteiger partial charge in [0.15, 0.2) is 0 Å². The zero-order valence-electron chi connectivity index (χ0n) is 9.32. The molecule has 0 amide bonds. The number of carbonyl (C=O) groups excluding carboxylic acids is 1. The van der Waals surface area contributed by atoms with E-state index >= 15 is 0 Å². The lowest BCUT2D eigenvalue weighted by molar-refractivity contribution is -0.126. The highest BCUT2D eigenvalue weighted by molar-refractivity contribution is 8.23. The topological polar surface area (TPSA) is 26.3 Å². The first-order valence-electron chi connectivity index (χ1n) is 5.55. The average molecular weight is 246 g/mol. The van der Waals surface area contributed by atoms with Gasteiger partial charge < -0.3 is 4.74 Å². The first-order valence-corrected chi connectivity index (χ1v) is 6.84. The molecule has 1 aliphatic rings. The van der Waals surface area contributed by atoms with Crippen LogP contribution in [0.25, 0.3) is 0 Å². The molecule has 1 aliphatic carbocycles. The Labute approximate surface area is 101 Å². The van der Waals surface area contributed by atoms with Crippen molar-refractivity contribution in [2.45, 2.75) is 44.8 Å². The molecule has 0 saturated heterocycles. The Bertz CT molecular complexity index is 241. The predicted molar refractivity (Wildman–Crippen MR) is 68.2 cm³/mol. The summed E-state index contributed by atoms with van der Waals surface area (Å²) in [6.07, 6.45) is 4.29. The summed E-state index contributed by atoms with van der Waals surface area (Å²) >= 11 is 6.47. The molecule has 1 unspecified atom stereocenters. The second-order valence-electron chi connectivity index (χ2n) is 3.79. The van der Waals surface area contributed by atoms with Gasteiger partial charge in [0.05, 0.1) is 11.9 Å². The number of hydrogen-bond acceptors (Lipinski definition) is 4. The maximum Gasteiger partial charge on any atom is 0.220 e. The third-order valence-electron chi connectivity index (χ3n) is 2.62. The zero-order valence-corrected chi connectivity index (χ0v) is 11.0. The van der Waals surface area contributed by atoms with Crippen LogP contribution in [-0.2, 0) is 9.53 Å². The summed E-state index contributed by atoms with van der Waals surface area (Å²) in [5, 5.41) is 0.0793. The predicted octanol–water partition coefficient (Wildman–Crippen LogP) is 3.19. The number of Topliss-reactive ketones (excluding diaryl/α,β-unsaturated/α-hetero) is 1. The Morgan fingerprint density at radius 2 is 2.33 bits per heavy atom. The van der Waals surface area contributed by atoms with Crippen LogP contribution >= 0.6 is 24.0 Å². The van der Waals surface area contributed by atoms with Gasteiger partial charge in [-0.3, -0.25) is 4.79 Å². The van der Waals surface area contributed by atoms with Gasteiger partial charge in [-0.2, -0.15) is 0 Å². The van der Waals surface area contributed by atoms with Crippen LogP contribution in [0.2, 0.25) is 0 Å². The van der Waals surface area contributed by atoms with Crippen molar-refractivity contribution in [3.63, 3.8) is 0 Å². The van der Waals surface area contributed by atoms with E-state index in [1.165, 1.54) is 24.6 Å². The number of unbranched alkanes of at least 4 members (excludes halogenated alkanes) is 1. The number of thioether (sulfide) groups is 1. The van der Waals surface area contributed by atoms with E-state index in [1.54, 1.807) is 0 Å². The monoisotopic (exact) mass is 246 g/mol. The minimum absolute atomic E-state index is 0.0793. The molecule has 0 aliphatic heterocycles. The van der Waals surface area contributed by atoms with Crippen molar-refractivity contribution in [2.24, 2.45) is 5.92 Å². The summed E-state index contributed by atoms with van der Waals surface area (Å²) in [5.74, 6) is 0.865. The van der Waals surface area contributed by atoms with Crippen LogP contribution in [0.1, 0.15) is 39.5 Å². The molecule has 2 atom stereocenters. The molecule has 0 radical (unpaired) electrons. The first-order chi connectivity index (χ1) is 7.19. The van der Waals surface area contributed by atoms with Crippen LogP contribution in [-0.4, -0.2) is 22.0 Å². The van der Waals surface area contributed by atoms with Crippen LogP contribution in [0, 0.1) is 5.92 Å². The van der Waals surface area contributed by atoms with Gasteiger partial charge in [-0.1, -0.05) is 31.5 Å². The summed E-state index contributed by atoms with van der Waals surface area (Å²) in [6.45, 7) is 4.67. The number of carbonyl (C=O) groups is 1. The van der Waals surface area contributed by atoms with Crippen LogP contribution < -0.4 is 0 Å². The third-order valence-corrected chi connectivity index (χ3v) is 4.24. The van der Waals surface area contributed by atoms with E-state index in [0.717, 1.165) is 12.8 Å². The second-order valence-corrected chi connectivity index (χ2v) is 5.54. The molecule has 1 saturated carbocycles. The van der Waals surface area contributed by atoms with Gasteiger partial charge in [0.2, 0.25) is 4.38 Å². The normalized spacial score (nSPS) is 24.8. The number of ether oxygens (including phenoxy) is 1. The van der Waals surface area contributed by atoms with Crippen molar-refractivity contribution in [1.82, 2.24) is 0 Å². The van der Waals surface area contributed by atoms with Gasteiger partial charge in [-0.15, -0.1) is 0 Å². The molecule has 0 aromatic carbocycles. The maximum absolute atomic E-state index is 11.4. The SMILES string of the molecule is CCCCC1CC(=O)[C@@H]1SC(=S)OCC. The smallest absolute Gasteiger partial charge is 0.220 e. The lowest BCUT2D eigenvalue weighted by Gasteiger charge is -2.34. The minimum Gasteiger partial charge on any atom is -0.479 e. The van der Waals surface area contributed by atoms with Gasteiger partial charge in [0.25, 0.3) is 0 Å². The van der Waals surface area contributed by atoms with Crippen LogP contribution in [0.4, 0.5) is 0 Å². The highest BCUT2D eigenvalue weighted by Crippen LogP contribution is 2.38. The van der Waals surface area contributed by atoms with E-state index in [1.807, 2.05) is 6.92 Å². The fourth-order valence-corrected chi connectivity index (χ4v) is 3.20. The van der Waals surface area contributed by atoms with E-state index in [-0.39, 0.29) is 5.25 Å². The molecule has 15 heavy (non-hydrogen) atoms. The molecule has 0 heterocycles. The Balaban J connectivity index is 2.31. The molecular weight excluding hydrogens is 228 g/mol. The molecule has 0 bridgehead atoms. The lowest BCUT2D eigenvalue weighted by Crippen LogP contribution is -2.40. The molecule has 4 heteroatoms. The number of hydrogen-bond donors (Lipinski definition) is 0. The molecule has 86 valence electrons. The summed E-state index contributed by atoms with van der Waals surface area (Å²) in [7, 11) is 0. The van der Waals surface area contributed by atoms with E-state index in [0.29, 0.717) is 22.7 Å². The molecule has 2 nitrogen and oxygen atoms in total. The number of thiocarbonyl (C=S) groups is 1. The second kappa shape index (κ2) is 6.48. The van der Waals surface area contributed by atoms with Crippen molar-refractivity contribution < 1.29 is 9.53 Å². The minimum atomic E-state index is 0.0793. The van der Waals surface area contributed by atoms with Crippen molar-refractivity contribution in [3.8, 4) is 0 Å². The summed E-state index contributed by atoms with van der Waals surface area (Å²) in [6, 6.07) is 0. The Hall–Kier alpha value is -0.0900. The van der Waals surface area contributed by atoms with Gasteiger partial charge >= 0.3 is 0 Å². The summed E-state index contributed by atoms with van der Waals surface area (Å²) < 4.78 is 5.72. The quantitative estimate of drug-likeness (QED) is 0.696. The highest BCUT2D eigenvalue weighted by Gasteiger charge is 2.40.